The third-order valence-corrected chi connectivity index (χ3v) is 4.51. The number of aryl methyl sites for hydroxylation is 1. The molecule has 122 valence electrons. The van der Waals surface area contributed by atoms with Crippen molar-refractivity contribution >= 4 is 17.7 Å². The van der Waals surface area contributed by atoms with Gasteiger partial charge in [-0.2, -0.15) is 0 Å². The molecule has 0 bridgehead atoms. The average molecular weight is 333 g/mol. The number of imidazole rings is 1. The van der Waals surface area contributed by atoms with Gasteiger partial charge in [-0.15, -0.1) is 0 Å². The van der Waals surface area contributed by atoms with Gasteiger partial charge in [0.05, 0.1) is 18.4 Å². The van der Waals surface area contributed by atoms with Gasteiger partial charge < -0.3 is 19.4 Å². The summed E-state index contributed by atoms with van der Waals surface area (Å²) in [6.45, 7) is 0.756. The standard InChI is InChI=1S/C16H19N3O3S/c1-19-12(9-18-16(19)23-2)8-17-15(20)6-4-11-3-5-13-14(7-11)22-10-21-13/h3,5,7,9H,4,6,8,10H2,1-2H3,(H,17,20). The van der Waals surface area contributed by atoms with E-state index in [1.807, 2.05) is 36.1 Å². The van der Waals surface area contributed by atoms with E-state index in [0.717, 1.165) is 27.9 Å². The number of thioether (sulfide) groups is 1. The van der Waals surface area contributed by atoms with Crippen LogP contribution in [-0.4, -0.2) is 28.5 Å². The van der Waals surface area contributed by atoms with Crippen molar-refractivity contribution in [3.8, 4) is 11.5 Å². The Morgan fingerprint density at radius 3 is 3.00 bits per heavy atom. The van der Waals surface area contributed by atoms with Gasteiger partial charge in [0.1, 0.15) is 0 Å². The lowest BCUT2D eigenvalue weighted by Gasteiger charge is -2.07. The largest absolute Gasteiger partial charge is 0.454 e. The Hall–Kier alpha value is -2.15. The zero-order valence-electron chi connectivity index (χ0n) is 13.2. The van der Waals surface area contributed by atoms with Gasteiger partial charge in [-0.25, -0.2) is 4.98 Å². The first-order chi connectivity index (χ1) is 11.2. The third-order valence-electron chi connectivity index (χ3n) is 3.77. The van der Waals surface area contributed by atoms with E-state index in [-0.39, 0.29) is 12.7 Å². The van der Waals surface area contributed by atoms with E-state index in [9.17, 15) is 4.79 Å². The molecule has 0 saturated carbocycles. The third kappa shape index (κ3) is 3.61. The highest BCUT2D eigenvalue weighted by molar-refractivity contribution is 7.98. The topological polar surface area (TPSA) is 65.4 Å². The summed E-state index contributed by atoms with van der Waals surface area (Å²) < 4.78 is 12.6. The van der Waals surface area contributed by atoms with E-state index in [1.165, 1.54) is 0 Å². The number of nitrogens with one attached hydrogen (secondary N) is 1. The van der Waals surface area contributed by atoms with Crippen LogP contribution in [0.25, 0.3) is 0 Å². The molecule has 1 amide bonds. The summed E-state index contributed by atoms with van der Waals surface area (Å²) in [4.78, 5) is 16.3. The number of carbonyl (C=O) groups excluding carboxylic acids is 1. The van der Waals surface area contributed by atoms with Gasteiger partial charge in [-0.3, -0.25) is 4.79 Å². The molecule has 1 aliphatic rings. The molecule has 2 aromatic rings. The van der Waals surface area contributed by atoms with Gasteiger partial charge in [0.2, 0.25) is 12.7 Å². The maximum Gasteiger partial charge on any atom is 0.231 e. The Labute approximate surface area is 139 Å². The highest BCUT2D eigenvalue weighted by Crippen LogP contribution is 2.32. The minimum atomic E-state index is 0.0227. The number of ether oxygens (including phenoxy) is 2. The molecular formula is C16H19N3O3S. The second kappa shape index (κ2) is 6.95. The summed E-state index contributed by atoms with van der Waals surface area (Å²) in [6, 6.07) is 5.78. The fraction of sp³-hybridized carbons (Fsp3) is 0.375. The number of rotatable bonds is 6. The summed E-state index contributed by atoms with van der Waals surface area (Å²) in [5, 5.41) is 3.87. The van der Waals surface area contributed by atoms with Crippen molar-refractivity contribution in [3.05, 3.63) is 35.7 Å². The van der Waals surface area contributed by atoms with Crippen LogP contribution in [0, 0.1) is 0 Å². The maximum atomic E-state index is 12.0. The smallest absolute Gasteiger partial charge is 0.231 e. The molecule has 1 aromatic heterocycles. The molecule has 0 aliphatic carbocycles. The lowest BCUT2D eigenvalue weighted by Crippen LogP contribution is -2.24. The molecule has 3 rings (SSSR count). The van der Waals surface area contributed by atoms with Gasteiger partial charge in [-0.1, -0.05) is 17.8 Å². The highest BCUT2D eigenvalue weighted by atomic mass is 32.2. The van der Waals surface area contributed by atoms with E-state index in [1.54, 1.807) is 18.0 Å². The first kappa shape index (κ1) is 15.7. The highest BCUT2D eigenvalue weighted by Gasteiger charge is 2.13. The number of fused-ring (bicyclic) bond motifs is 1. The number of nitrogens with zero attached hydrogens (tertiary/aromatic N) is 2. The summed E-state index contributed by atoms with van der Waals surface area (Å²) in [5.74, 6) is 1.54. The van der Waals surface area contributed by atoms with Crippen molar-refractivity contribution in [2.75, 3.05) is 13.0 Å². The number of aromatic nitrogens is 2. The van der Waals surface area contributed by atoms with Gasteiger partial charge >= 0.3 is 0 Å². The van der Waals surface area contributed by atoms with Crippen LogP contribution in [0.3, 0.4) is 0 Å². The zero-order valence-corrected chi connectivity index (χ0v) is 14.0. The number of amides is 1. The Morgan fingerprint density at radius 1 is 1.39 bits per heavy atom. The lowest BCUT2D eigenvalue weighted by atomic mass is 10.1. The molecule has 1 aliphatic heterocycles. The minimum absolute atomic E-state index is 0.0227. The van der Waals surface area contributed by atoms with E-state index in [0.29, 0.717) is 19.4 Å². The van der Waals surface area contributed by atoms with Crippen molar-refractivity contribution < 1.29 is 14.3 Å². The summed E-state index contributed by atoms with van der Waals surface area (Å²) in [5.41, 5.74) is 2.06. The molecule has 0 spiro atoms. The number of benzene rings is 1. The Kier molecular flexibility index (Phi) is 4.76. The number of carbonyl (C=O) groups is 1. The van der Waals surface area contributed by atoms with Crippen molar-refractivity contribution in [1.82, 2.24) is 14.9 Å². The van der Waals surface area contributed by atoms with Crippen molar-refractivity contribution in [3.63, 3.8) is 0 Å². The predicted molar refractivity (Wildman–Crippen MR) is 87.7 cm³/mol. The lowest BCUT2D eigenvalue weighted by molar-refractivity contribution is -0.121. The van der Waals surface area contributed by atoms with Gasteiger partial charge in [0, 0.05) is 13.5 Å². The van der Waals surface area contributed by atoms with Crippen LogP contribution in [0.5, 0.6) is 11.5 Å². The Morgan fingerprint density at radius 2 is 2.22 bits per heavy atom. The molecule has 0 fully saturated rings. The summed E-state index contributed by atoms with van der Waals surface area (Å²) in [6.07, 6.45) is 4.89. The predicted octanol–water partition coefficient (Wildman–Crippen LogP) is 2.12. The maximum absolute atomic E-state index is 12.0. The van der Waals surface area contributed by atoms with Crippen LogP contribution in [0.15, 0.2) is 29.6 Å². The molecule has 6 nitrogen and oxygen atoms in total. The fourth-order valence-corrected chi connectivity index (χ4v) is 2.96. The summed E-state index contributed by atoms with van der Waals surface area (Å²) in [7, 11) is 1.95. The van der Waals surface area contributed by atoms with Gasteiger partial charge in [0.25, 0.3) is 0 Å². The van der Waals surface area contributed by atoms with Gasteiger partial charge in [-0.05, 0) is 30.4 Å². The van der Waals surface area contributed by atoms with Crippen molar-refractivity contribution in [2.24, 2.45) is 7.05 Å². The number of hydrogen-bond donors (Lipinski definition) is 1. The molecule has 1 aromatic carbocycles. The molecule has 1 N–H and O–H groups in total. The van der Waals surface area contributed by atoms with Crippen LogP contribution in [0.4, 0.5) is 0 Å². The molecule has 0 saturated heterocycles. The van der Waals surface area contributed by atoms with Crippen LogP contribution in [0.2, 0.25) is 0 Å². The quantitative estimate of drug-likeness (QED) is 0.820. The first-order valence-electron chi connectivity index (χ1n) is 7.37. The van der Waals surface area contributed by atoms with Gasteiger partial charge in [0.15, 0.2) is 16.7 Å². The molecule has 7 heteroatoms. The van der Waals surface area contributed by atoms with Crippen LogP contribution in [-0.2, 0) is 24.8 Å². The van der Waals surface area contributed by atoms with Crippen LogP contribution in [0.1, 0.15) is 17.7 Å². The second-order valence-electron chi connectivity index (χ2n) is 5.26. The van der Waals surface area contributed by atoms with E-state index < -0.39 is 0 Å². The van der Waals surface area contributed by atoms with E-state index >= 15 is 0 Å². The zero-order chi connectivity index (χ0) is 16.2. The minimum Gasteiger partial charge on any atom is -0.454 e. The fourth-order valence-electron chi connectivity index (χ4n) is 2.41. The van der Waals surface area contributed by atoms with E-state index in [2.05, 4.69) is 10.3 Å². The average Bonchev–Trinajstić information content (AvgIpc) is 3.16. The monoisotopic (exact) mass is 333 g/mol. The SMILES string of the molecule is CSc1ncc(CNC(=O)CCc2ccc3c(c2)OCO3)n1C. The molecule has 0 atom stereocenters. The molecule has 0 radical (unpaired) electrons. The van der Waals surface area contributed by atoms with E-state index in [4.69, 9.17) is 9.47 Å². The van der Waals surface area contributed by atoms with Crippen molar-refractivity contribution in [1.29, 1.82) is 0 Å². The van der Waals surface area contributed by atoms with Crippen LogP contribution >= 0.6 is 11.8 Å². The normalized spacial score (nSPS) is 12.4. The van der Waals surface area contributed by atoms with Crippen molar-refractivity contribution in [2.45, 2.75) is 24.5 Å². The molecule has 2 heterocycles. The Bertz CT molecular complexity index is 715. The second-order valence-corrected chi connectivity index (χ2v) is 6.03. The molecule has 23 heavy (non-hydrogen) atoms. The molecular weight excluding hydrogens is 314 g/mol. The first-order valence-corrected chi connectivity index (χ1v) is 8.59. The molecule has 0 unspecified atom stereocenters. The summed E-state index contributed by atoms with van der Waals surface area (Å²) >= 11 is 1.58. The van der Waals surface area contributed by atoms with Crippen LogP contribution < -0.4 is 14.8 Å². The Balaban J connectivity index is 1.49. The number of hydrogen-bond acceptors (Lipinski definition) is 5.